The Balaban J connectivity index is 2.11. The lowest BCUT2D eigenvalue weighted by Crippen LogP contribution is -3.06. The number of hydrogen-bond acceptors (Lipinski definition) is 1. The zero-order valence-corrected chi connectivity index (χ0v) is 6.31. The number of nitrogens with one attached hydrogen (secondary N) is 1. The number of likely N-dealkylation sites (N-methyl/N-ethyl adjacent to an activating group) is 1. The molecule has 1 unspecified atom stereocenters. The first-order valence-corrected chi connectivity index (χ1v) is 3.69. The van der Waals surface area contributed by atoms with E-state index < -0.39 is 0 Å². The third-order valence-electron chi connectivity index (χ3n) is 1.66. The molecule has 1 fully saturated rings. The zero-order valence-electron chi connectivity index (χ0n) is 6.31. The fraction of sp³-hybridized carbons (Fsp3) is 1.00. The van der Waals surface area contributed by atoms with E-state index in [2.05, 4.69) is 14.1 Å². The molecule has 0 radical (unpaired) electrons. The molecule has 54 valence electrons. The van der Waals surface area contributed by atoms with Gasteiger partial charge in [0.25, 0.3) is 0 Å². The maximum atomic E-state index is 5.44. The minimum Gasteiger partial charge on any atom is -0.372 e. The van der Waals surface area contributed by atoms with Crippen molar-refractivity contribution in [3.63, 3.8) is 0 Å². The van der Waals surface area contributed by atoms with Crippen LogP contribution in [-0.2, 0) is 4.74 Å². The molecule has 1 heterocycles. The van der Waals surface area contributed by atoms with E-state index in [1.165, 1.54) is 24.3 Å². The van der Waals surface area contributed by atoms with Crippen molar-refractivity contribution < 1.29 is 9.64 Å². The van der Waals surface area contributed by atoms with Crippen LogP contribution in [0, 0.1) is 0 Å². The van der Waals surface area contributed by atoms with Crippen molar-refractivity contribution in [1.82, 2.24) is 0 Å². The van der Waals surface area contributed by atoms with E-state index in [-0.39, 0.29) is 0 Å². The molecular formula is C7H16NO+. The summed E-state index contributed by atoms with van der Waals surface area (Å²) >= 11 is 0. The second-order valence-corrected chi connectivity index (χ2v) is 3.05. The lowest BCUT2D eigenvalue weighted by atomic mass is 10.2. The Labute approximate surface area is 56.8 Å². The second kappa shape index (κ2) is 3.18. The van der Waals surface area contributed by atoms with Gasteiger partial charge in [-0.3, -0.25) is 0 Å². The van der Waals surface area contributed by atoms with Crippen LogP contribution in [0.1, 0.15) is 12.8 Å². The molecule has 1 rings (SSSR count). The third-order valence-corrected chi connectivity index (χ3v) is 1.66. The largest absolute Gasteiger partial charge is 0.372 e. The molecule has 0 saturated carbocycles. The highest BCUT2D eigenvalue weighted by Gasteiger charge is 2.17. The molecule has 0 bridgehead atoms. The molecule has 1 saturated heterocycles. The molecule has 2 heteroatoms. The molecule has 2 nitrogen and oxygen atoms in total. The van der Waals surface area contributed by atoms with Crippen LogP contribution in [0.25, 0.3) is 0 Å². The van der Waals surface area contributed by atoms with Gasteiger partial charge in [-0.25, -0.2) is 0 Å². The minimum atomic E-state index is 0.551. The van der Waals surface area contributed by atoms with E-state index in [1.807, 2.05) is 0 Å². The van der Waals surface area contributed by atoms with Gasteiger partial charge in [-0.1, -0.05) is 0 Å². The first kappa shape index (κ1) is 7.03. The van der Waals surface area contributed by atoms with Crippen molar-refractivity contribution in [2.45, 2.75) is 18.9 Å². The molecule has 1 aliphatic rings. The highest BCUT2D eigenvalue weighted by atomic mass is 16.5. The summed E-state index contributed by atoms with van der Waals surface area (Å²) in [5, 5.41) is 0. The van der Waals surface area contributed by atoms with Crippen LogP contribution in [0.4, 0.5) is 0 Å². The molecule has 1 N–H and O–H groups in total. The standard InChI is InChI=1S/C7H15NO/c1-8(2)6-7-4-3-5-9-7/h7H,3-6H2,1-2H3/p+1. The molecule has 0 spiro atoms. The first-order valence-electron chi connectivity index (χ1n) is 3.69. The predicted molar refractivity (Wildman–Crippen MR) is 36.7 cm³/mol. The fourth-order valence-corrected chi connectivity index (χ4v) is 1.26. The Bertz CT molecular complexity index is 77.0. The van der Waals surface area contributed by atoms with Gasteiger partial charge in [0.05, 0.1) is 14.1 Å². The predicted octanol–water partition coefficient (Wildman–Crippen LogP) is -0.690. The van der Waals surface area contributed by atoms with Crippen LogP contribution in [-0.4, -0.2) is 33.4 Å². The quantitative estimate of drug-likeness (QED) is 0.522. The summed E-state index contributed by atoms with van der Waals surface area (Å²) in [6.07, 6.45) is 3.08. The summed E-state index contributed by atoms with van der Waals surface area (Å²) < 4.78 is 5.44. The fourth-order valence-electron chi connectivity index (χ4n) is 1.26. The van der Waals surface area contributed by atoms with Crippen molar-refractivity contribution in [2.75, 3.05) is 27.2 Å². The topological polar surface area (TPSA) is 13.7 Å². The van der Waals surface area contributed by atoms with Crippen LogP contribution in [0.2, 0.25) is 0 Å². The number of ether oxygens (including phenoxy) is 1. The Morgan fingerprint density at radius 3 is 2.78 bits per heavy atom. The van der Waals surface area contributed by atoms with Gasteiger partial charge in [-0.15, -0.1) is 0 Å². The van der Waals surface area contributed by atoms with Gasteiger partial charge in [0, 0.05) is 6.61 Å². The Morgan fingerprint density at radius 1 is 1.56 bits per heavy atom. The van der Waals surface area contributed by atoms with Crippen LogP contribution >= 0.6 is 0 Å². The first-order chi connectivity index (χ1) is 4.29. The normalized spacial score (nSPS) is 27.7. The van der Waals surface area contributed by atoms with Gasteiger partial charge < -0.3 is 9.64 Å². The molecule has 0 aromatic carbocycles. The number of hydrogen-bond donors (Lipinski definition) is 1. The van der Waals surface area contributed by atoms with Crippen LogP contribution < -0.4 is 4.90 Å². The zero-order chi connectivity index (χ0) is 6.69. The molecule has 9 heavy (non-hydrogen) atoms. The summed E-state index contributed by atoms with van der Waals surface area (Å²) in [6, 6.07) is 0. The molecule has 0 aliphatic carbocycles. The smallest absolute Gasteiger partial charge is 0.106 e. The summed E-state index contributed by atoms with van der Waals surface area (Å²) in [5.41, 5.74) is 0. The van der Waals surface area contributed by atoms with Crippen LogP contribution in [0.3, 0.4) is 0 Å². The van der Waals surface area contributed by atoms with E-state index >= 15 is 0 Å². The maximum absolute atomic E-state index is 5.44. The SMILES string of the molecule is C[NH+](C)CC1CCCO1. The van der Waals surface area contributed by atoms with Crippen molar-refractivity contribution in [3.8, 4) is 0 Å². The van der Waals surface area contributed by atoms with Crippen LogP contribution in [0.15, 0.2) is 0 Å². The summed E-state index contributed by atoms with van der Waals surface area (Å²) in [4.78, 5) is 1.49. The number of rotatable bonds is 2. The summed E-state index contributed by atoms with van der Waals surface area (Å²) in [7, 11) is 4.34. The molecule has 1 aliphatic heterocycles. The summed E-state index contributed by atoms with van der Waals surface area (Å²) in [6.45, 7) is 2.15. The maximum Gasteiger partial charge on any atom is 0.106 e. The van der Waals surface area contributed by atoms with Gasteiger partial charge in [0.1, 0.15) is 12.6 Å². The monoisotopic (exact) mass is 130 g/mol. The molecule has 0 aromatic rings. The average Bonchev–Trinajstić information content (AvgIpc) is 2.15. The lowest BCUT2D eigenvalue weighted by molar-refractivity contribution is -0.861. The lowest BCUT2D eigenvalue weighted by Gasteiger charge is -2.11. The Morgan fingerprint density at radius 2 is 2.33 bits per heavy atom. The molecule has 1 atom stereocenters. The van der Waals surface area contributed by atoms with Gasteiger partial charge in [-0.2, -0.15) is 0 Å². The van der Waals surface area contributed by atoms with E-state index in [1.54, 1.807) is 0 Å². The minimum absolute atomic E-state index is 0.551. The van der Waals surface area contributed by atoms with Gasteiger partial charge in [-0.05, 0) is 12.8 Å². The average molecular weight is 130 g/mol. The van der Waals surface area contributed by atoms with Crippen molar-refractivity contribution in [1.29, 1.82) is 0 Å². The Hall–Kier alpha value is -0.0800. The van der Waals surface area contributed by atoms with Crippen molar-refractivity contribution in [3.05, 3.63) is 0 Å². The van der Waals surface area contributed by atoms with Crippen LogP contribution in [0.5, 0.6) is 0 Å². The van der Waals surface area contributed by atoms with E-state index in [0.717, 1.165) is 6.61 Å². The van der Waals surface area contributed by atoms with Gasteiger partial charge >= 0.3 is 0 Å². The van der Waals surface area contributed by atoms with Crippen molar-refractivity contribution in [2.24, 2.45) is 0 Å². The highest BCUT2D eigenvalue weighted by Crippen LogP contribution is 2.09. The van der Waals surface area contributed by atoms with Crippen molar-refractivity contribution >= 4 is 0 Å². The summed E-state index contributed by atoms with van der Waals surface area (Å²) in [5.74, 6) is 0. The van der Waals surface area contributed by atoms with Gasteiger partial charge in [0.15, 0.2) is 0 Å². The number of quaternary nitrogens is 1. The molecule has 0 amide bonds. The molecule has 0 aromatic heterocycles. The van der Waals surface area contributed by atoms with E-state index in [9.17, 15) is 0 Å². The van der Waals surface area contributed by atoms with Gasteiger partial charge in [0.2, 0.25) is 0 Å². The Kier molecular flexibility index (Phi) is 2.49. The van der Waals surface area contributed by atoms with E-state index in [0.29, 0.717) is 6.10 Å². The third kappa shape index (κ3) is 2.33. The molecular weight excluding hydrogens is 114 g/mol. The second-order valence-electron chi connectivity index (χ2n) is 3.05. The van der Waals surface area contributed by atoms with E-state index in [4.69, 9.17) is 4.74 Å². The highest BCUT2D eigenvalue weighted by molar-refractivity contribution is 4.61.